The monoisotopic (exact) mass is 274 g/mol. The summed E-state index contributed by atoms with van der Waals surface area (Å²) in [7, 11) is 0. The number of hydrogen-bond acceptors (Lipinski definition) is 4. The molecule has 3 rings (SSSR count). The number of carbonyl (C=O) groups excluding carboxylic acids is 1. The van der Waals surface area contributed by atoms with Gasteiger partial charge in [0.15, 0.2) is 5.82 Å². The van der Waals surface area contributed by atoms with Crippen LogP contribution in [0.25, 0.3) is 10.9 Å². The molecular formula is C14H15FN4O. The molecular weight excluding hydrogens is 259 g/mol. The van der Waals surface area contributed by atoms with Gasteiger partial charge in [-0.1, -0.05) is 0 Å². The highest BCUT2D eigenvalue weighted by Gasteiger charge is 2.21. The average Bonchev–Trinajstić information content (AvgIpc) is 2.84. The van der Waals surface area contributed by atoms with Gasteiger partial charge in [0.1, 0.15) is 0 Å². The maximum atomic E-state index is 14.1. The molecule has 1 aromatic carbocycles. The molecule has 0 spiro atoms. The van der Waals surface area contributed by atoms with Gasteiger partial charge in [-0.3, -0.25) is 9.78 Å². The summed E-state index contributed by atoms with van der Waals surface area (Å²) in [5, 5.41) is 6.59. The van der Waals surface area contributed by atoms with Gasteiger partial charge in [-0.25, -0.2) is 4.39 Å². The molecule has 0 bridgehead atoms. The van der Waals surface area contributed by atoms with Gasteiger partial charge in [-0.15, -0.1) is 0 Å². The highest BCUT2D eigenvalue weighted by molar-refractivity contribution is 5.98. The second kappa shape index (κ2) is 4.96. The molecule has 0 saturated carbocycles. The number of nitrogen functional groups attached to an aromatic ring is 1. The molecule has 5 nitrogen and oxygen atoms in total. The Balaban J connectivity index is 1.89. The lowest BCUT2D eigenvalue weighted by molar-refractivity contribution is -0.119. The molecule has 2 aromatic rings. The van der Waals surface area contributed by atoms with Crippen LogP contribution in [-0.2, 0) is 4.79 Å². The van der Waals surface area contributed by atoms with Gasteiger partial charge in [0.2, 0.25) is 5.91 Å². The maximum absolute atomic E-state index is 14.1. The highest BCUT2D eigenvalue weighted by Crippen LogP contribution is 2.29. The highest BCUT2D eigenvalue weighted by atomic mass is 19.1. The molecule has 1 aliphatic rings. The third kappa shape index (κ3) is 2.24. The first kappa shape index (κ1) is 12.7. The standard InChI is InChI=1S/C14H15FN4O/c15-10-6-11(16)9-2-1-5-17-13(9)14(10)18-7-8-3-4-12(20)19-8/h1-2,5-6,8,18H,3-4,7,16H2,(H,19,20). The molecule has 1 atom stereocenters. The molecule has 1 saturated heterocycles. The van der Waals surface area contributed by atoms with Crippen LogP contribution in [0.2, 0.25) is 0 Å². The zero-order chi connectivity index (χ0) is 14.1. The SMILES string of the molecule is Nc1cc(F)c(NCC2CCC(=O)N2)c2ncccc12. The molecule has 1 aromatic heterocycles. The van der Waals surface area contributed by atoms with Crippen molar-refractivity contribution in [1.29, 1.82) is 0 Å². The van der Waals surface area contributed by atoms with E-state index in [-0.39, 0.29) is 11.9 Å². The number of benzene rings is 1. The molecule has 1 unspecified atom stereocenters. The number of nitrogens with one attached hydrogen (secondary N) is 2. The molecule has 6 heteroatoms. The number of halogens is 1. The first-order valence-corrected chi connectivity index (χ1v) is 6.51. The van der Waals surface area contributed by atoms with Crippen LogP contribution < -0.4 is 16.4 Å². The van der Waals surface area contributed by atoms with Crippen LogP contribution >= 0.6 is 0 Å². The average molecular weight is 274 g/mol. The van der Waals surface area contributed by atoms with E-state index in [1.807, 2.05) is 0 Å². The Morgan fingerprint density at radius 2 is 2.40 bits per heavy atom. The van der Waals surface area contributed by atoms with E-state index in [1.54, 1.807) is 18.3 Å². The minimum atomic E-state index is -0.432. The van der Waals surface area contributed by atoms with E-state index in [2.05, 4.69) is 15.6 Å². The third-order valence-electron chi connectivity index (χ3n) is 3.49. The minimum Gasteiger partial charge on any atom is -0.398 e. The van der Waals surface area contributed by atoms with E-state index < -0.39 is 5.82 Å². The Kier molecular flexibility index (Phi) is 3.14. The van der Waals surface area contributed by atoms with Crippen LogP contribution in [0.1, 0.15) is 12.8 Å². The van der Waals surface area contributed by atoms with E-state index in [1.165, 1.54) is 6.07 Å². The lowest BCUT2D eigenvalue weighted by Gasteiger charge is -2.15. The van der Waals surface area contributed by atoms with Gasteiger partial charge in [0, 0.05) is 36.3 Å². The van der Waals surface area contributed by atoms with Crippen molar-refractivity contribution >= 4 is 28.2 Å². The quantitative estimate of drug-likeness (QED) is 0.743. The number of nitrogens with two attached hydrogens (primary N) is 1. The number of hydrogen-bond donors (Lipinski definition) is 3. The topological polar surface area (TPSA) is 80.0 Å². The third-order valence-corrected chi connectivity index (χ3v) is 3.49. The Bertz CT molecular complexity index is 674. The predicted molar refractivity (Wildman–Crippen MR) is 75.8 cm³/mol. The lowest BCUT2D eigenvalue weighted by atomic mass is 10.1. The first-order valence-electron chi connectivity index (χ1n) is 6.51. The van der Waals surface area contributed by atoms with Crippen molar-refractivity contribution < 1.29 is 9.18 Å². The van der Waals surface area contributed by atoms with Gasteiger partial charge in [0.25, 0.3) is 0 Å². The number of aromatic nitrogens is 1. The van der Waals surface area contributed by atoms with Gasteiger partial charge in [-0.05, 0) is 24.6 Å². The summed E-state index contributed by atoms with van der Waals surface area (Å²) in [6.45, 7) is 0.470. The fourth-order valence-corrected chi connectivity index (χ4v) is 2.46. The summed E-state index contributed by atoms with van der Waals surface area (Å²) in [5.74, 6) is -0.393. The number of anilines is 2. The second-order valence-electron chi connectivity index (χ2n) is 4.91. The van der Waals surface area contributed by atoms with E-state index in [4.69, 9.17) is 5.73 Å². The van der Waals surface area contributed by atoms with Crippen LogP contribution in [0.5, 0.6) is 0 Å². The molecule has 0 radical (unpaired) electrons. The first-order chi connectivity index (χ1) is 9.65. The van der Waals surface area contributed by atoms with Gasteiger partial charge < -0.3 is 16.4 Å². The Labute approximate surface area is 115 Å². The molecule has 1 amide bonds. The van der Waals surface area contributed by atoms with Crippen LogP contribution in [0.3, 0.4) is 0 Å². The van der Waals surface area contributed by atoms with Crippen molar-refractivity contribution in [2.75, 3.05) is 17.6 Å². The zero-order valence-electron chi connectivity index (χ0n) is 10.8. The normalized spacial score (nSPS) is 18.2. The van der Waals surface area contributed by atoms with E-state index >= 15 is 0 Å². The van der Waals surface area contributed by atoms with Crippen molar-refractivity contribution in [2.45, 2.75) is 18.9 Å². The van der Waals surface area contributed by atoms with Crippen LogP contribution in [0.15, 0.2) is 24.4 Å². The Hall–Kier alpha value is -2.37. The fraction of sp³-hybridized carbons (Fsp3) is 0.286. The number of carbonyl (C=O) groups is 1. The smallest absolute Gasteiger partial charge is 0.220 e. The number of rotatable bonds is 3. The van der Waals surface area contributed by atoms with Crippen molar-refractivity contribution in [3.63, 3.8) is 0 Å². The second-order valence-corrected chi connectivity index (χ2v) is 4.91. The summed E-state index contributed by atoms with van der Waals surface area (Å²) in [6.07, 6.45) is 2.88. The van der Waals surface area contributed by atoms with Gasteiger partial charge in [-0.2, -0.15) is 0 Å². The van der Waals surface area contributed by atoms with Crippen LogP contribution in [0.4, 0.5) is 15.8 Å². The summed E-state index contributed by atoms with van der Waals surface area (Å²) in [6, 6.07) is 4.88. The summed E-state index contributed by atoms with van der Waals surface area (Å²) < 4.78 is 14.1. The Morgan fingerprint density at radius 3 is 3.15 bits per heavy atom. The number of pyridine rings is 1. The number of amides is 1. The molecule has 104 valence electrons. The largest absolute Gasteiger partial charge is 0.398 e. The van der Waals surface area contributed by atoms with Crippen molar-refractivity contribution in [3.05, 3.63) is 30.2 Å². The van der Waals surface area contributed by atoms with Crippen molar-refractivity contribution in [2.24, 2.45) is 0 Å². The molecule has 1 aliphatic heterocycles. The zero-order valence-corrected chi connectivity index (χ0v) is 10.8. The molecule has 4 N–H and O–H groups in total. The number of fused-ring (bicyclic) bond motifs is 1. The van der Waals surface area contributed by atoms with Crippen molar-refractivity contribution in [3.8, 4) is 0 Å². The summed E-state index contributed by atoms with van der Waals surface area (Å²) >= 11 is 0. The van der Waals surface area contributed by atoms with E-state index in [0.29, 0.717) is 35.2 Å². The summed E-state index contributed by atoms with van der Waals surface area (Å²) in [4.78, 5) is 15.3. The lowest BCUT2D eigenvalue weighted by Crippen LogP contribution is -2.32. The maximum Gasteiger partial charge on any atom is 0.220 e. The molecule has 20 heavy (non-hydrogen) atoms. The van der Waals surface area contributed by atoms with Crippen LogP contribution in [-0.4, -0.2) is 23.5 Å². The summed E-state index contributed by atoms with van der Waals surface area (Å²) in [5.41, 5.74) is 7.00. The Morgan fingerprint density at radius 1 is 1.55 bits per heavy atom. The molecule has 2 heterocycles. The van der Waals surface area contributed by atoms with Gasteiger partial charge >= 0.3 is 0 Å². The van der Waals surface area contributed by atoms with Gasteiger partial charge in [0.05, 0.1) is 11.2 Å². The molecule has 1 fully saturated rings. The minimum absolute atomic E-state index is 0.0261. The predicted octanol–water partition coefficient (Wildman–Crippen LogP) is 1.65. The van der Waals surface area contributed by atoms with Crippen molar-refractivity contribution in [1.82, 2.24) is 10.3 Å². The van der Waals surface area contributed by atoms with E-state index in [9.17, 15) is 9.18 Å². The molecule has 0 aliphatic carbocycles. The van der Waals surface area contributed by atoms with Crippen LogP contribution in [0, 0.1) is 5.82 Å². The number of nitrogens with zero attached hydrogens (tertiary/aromatic N) is 1. The fourth-order valence-electron chi connectivity index (χ4n) is 2.46. The van der Waals surface area contributed by atoms with E-state index in [0.717, 1.165) is 6.42 Å².